The fourth-order valence-corrected chi connectivity index (χ4v) is 4.33. The summed E-state index contributed by atoms with van der Waals surface area (Å²) in [5.74, 6) is -0.154. The second-order valence-corrected chi connectivity index (χ2v) is 8.43. The summed E-state index contributed by atoms with van der Waals surface area (Å²) in [6.07, 6.45) is 0.758. The van der Waals surface area contributed by atoms with E-state index in [2.05, 4.69) is 20.5 Å². The van der Waals surface area contributed by atoms with E-state index >= 15 is 0 Å². The Kier molecular flexibility index (Phi) is 5.70. The average molecular weight is 424 g/mol. The van der Waals surface area contributed by atoms with Crippen molar-refractivity contribution < 1.29 is 4.79 Å². The van der Waals surface area contributed by atoms with E-state index in [1.54, 1.807) is 11.6 Å². The van der Waals surface area contributed by atoms with E-state index in [-0.39, 0.29) is 17.7 Å². The topological polar surface area (TPSA) is 117 Å². The number of fused-ring (bicyclic) bond motifs is 1. The van der Waals surface area contributed by atoms with Gasteiger partial charge in [-0.2, -0.15) is 0 Å². The number of hydrogen-bond donors (Lipinski definition) is 1. The fourth-order valence-electron chi connectivity index (χ4n) is 2.71. The largest absolute Gasteiger partial charge is 0.332 e. The lowest BCUT2D eigenvalue weighted by Crippen LogP contribution is -2.37. The number of carbonyl (C=O) groups excluding carboxylic acids is 1. The predicted molar refractivity (Wildman–Crippen MR) is 109 cm³/mol. The van der Waals surface area contributed by atoms with Crippen molar-refractivity contribution in [2.45, 2.75) is 38.4 Å². The number of carbonyl (C=O) groups is 1. The van der Waals surface area contributed by atoms with Gasteiger partial charge >= 0.3 is 5.69 Å². The zero-order valence-electron chi connectivity index (χ0n) is 16.2. The maximum absolute atomic E-state index is 12.6. The molecule has 3 aromatic heterocycles. The molecule has 1 amide bonds. The van der Waals surface area contributed by atoms with Crippen LogP contribution < -0.4 is 16.6 Å². The first kappa shape index (κ1) is 20.3. The smallest absolute Gasteiger partial charge is 0.311 e. The molecule has 10 nitrogen and oxygen atoms in total. The number of anilines is 1. The third-order valence-corrected chi connectivity index (χ3v) is 6.06. The van der Waals surface area contributed by atoms with Gasteiger partial charge in [-0.05, 0) is 20.3 Å². The molecule has 0 aromatic carbocycles. The molecule has 0 saturated carbocycles. The molecule has 3 rings (SSSR count). The van der Waals surface area contributed by atoms with Gasteiger partial charge in [0.2, 0.25) is 11.0 Å². The first-order valence-corrected chi connectivity index (χ1v) is 10.5. The van der Waals surface area contributed by atoms with Gasteiger partial charge in [-0.25, -0.2) is 9.78 Å². The molecule has 150 valence electrons. The number of thioether (sulfide) groups is 1. The number of nitrogens with one attached hydrogen (secondary N) is 1. The zero-order chi connectivity index (χ0) is 20.6. The molecule has 0 atom stereocenters. The lowest BCUT2D eigenvalue weighted by Gasteiger charge is -2.12. The first-order chi connectivity index (χ1) is 13.2. The van der Waals surface area contributed by atoms with E-state index in [0.29, 0.717) is 21.5 Å². The molecule has 3 heterocycles. The van der Waals surface area contributed by atoms with Crippen molar-refractivity contribution in [1.82, 2.24) is 28.9 Å². The van der Waals surface area contributed by atoms with Gasteiger partial charge in [-0.1, -0.05) is 30.0 Å². The standard InChI is InChI=1S/C16H21N7O3S2/c1-6-10-19-20-14(28-10)17-9(24)7-27-15-18-12-11(23(15)8(2)3)13(25)22(5)16(26)21(12)4/h8H,6-7H2,1-5H3,(H,17,20,24). The molecule has 0 aliphatic carbocycles. The molecular weight excluding hydrogens is 402 g/mol. The molecule has 1 N–H and O–H groups in total. The Morgan fingerprint density at radius 1 is 1.21 bits per heavy atom. The molecule has 0 saturated heterocycles. The number of rotatable bonds is 6. The van der Waals surface area contributed by atoms with Crippen molar-refractivity contribution in [3.63, 3.8) is 0 Å². The van der Waals surface area contributed by atoms with Crippen LogP contribution in [0, 0.1) is 0 Å². The van der Waals surface area contributed by atoms with Crippen molar-refractivity contribution in [1.29, 1.82) is 0 Å². The lowest BCUT2D eigenvalue weighted by molar-refractivity contribution is -0.113. The van der Waals surface area contributed by atoms with Gasteiger partial charge in [0.05, 0.1) is 5.75 Å². The second kappa shape index (κ2) is 7.87. The zero-order valence-corrected chi connectivity index (χ0v) is 17.8. The molecule has 12 heteroatoms. The van der Waals surface area contributed by atoms with Crippen molar-refractivity contribution in [3.8, 4) is 0 Å². The molecular formula is C16H21N7O3S2. The van der Waals surface area contributed by atoms with Gasteiger partial charge in [-0.15, -0.1) is 10.2 Å². The van der Waals surface area contributed by atoms with Gasteiger partial charge < -0.3 is 4.57 Å². The van der Waals surface area contributed by atoms with Crippen LogP contribution in [0.5, 0.6) is 0 Å². The molecule has 0 radical (unpaired) electrons. The number of imidazole rings is 1. The summed E-state index contributed by atoms with van der Waals surface area (Å²) in [6, 6.07) is -0.0731. The van der Waals surface area contributed by atoms with Crippen molar-refractivity contribution in [2.24, 2.45) is 14.1 Å². The Hall–Kier alpha value is -2.47. The minimum Gasteiger partial charge on any atom is -0.311 e. The molecule has 3 aromatic rings. The first-order valence-electron chi connectivity index (χ1n) is 8.67. The van der Waals surface area contributed by atoms with Gasteiger partial charge in [0.25, 0.3) is 5.56 Å². The van der Waals surface area contributed by atoms with Crippen LogP contribution in [0.4, 0.5) is 5.13 Å². The van der Waals surface area contributed by atoms with Crippen molar-refractivity contribution in [3.05, 3.63) is 25.8 Å². The quantitative estimate of drug-likeness (QED) is 0.591. The van der Waals surface area contributed by atoms with Gasteiger partial charge in [0.15, 0.2) is 16.3 Å². The van der Waals surface area contributed by atoms with Crippen LogP contribution in [0.3, 0.4) is 0 Å². The maximum atomic E-state index is 12.6. The normalized spacial score (nSPS) is 11.5. The Balaban J connectivity index is 1.90. The highest BCUT2D eigenvalue weighted by Crippen LogP contribution is 2.26. The highest BCUT2D eigenvalue weighted by Gasteiger charge is 2.21. The van der Waals surface area contributed by atoms with Crippen LogP contribution in [0.15, 0.2) is 14.7 Å². The summed E-state index contributed by atoms with van der Waals surface area (Å²) >= 11 is 2.54. The fraction of sp³-hybridized carbons (Fsp3) is 0.500. The van der Waals surface area contributed by atoms with E-state index in [4.69, 9.17) is 0 Å². The summed E-state index contributed by atoms with van der Waals surface area (Å²) in [7, 11) is 3.01. The monoisotopic (exact) mass is 423 g/mol. The van der Waals surface area contributed by atoms with Crippen molar-refractivity contribution in [2.75, 3.05) is 11.1 Å². The molecule has 0 fully saturated rings. The van der Waals surface area contributed by atoms with Gasteiger partial charge in [-0.3, -0.25) is 24.0 Å². The van der Waals surface area contributed by atoms with Gasteiger partial charge in [0, 0.05) is 20.1 Å². The van der Waals surface area contributed by atoms with Gasteiger partial charge in [0.1, 0.15) is 5.01 Å². The van der Waals surface area contributed by atoms with Crippen LogP contribution in [0.25, 0.3) is 11.2 Å². The minimum atomic E-state index is -0.441. The molecule has 0 aliphatic heterocycles. The summed E-state index contributed by atoms with van der Waals surface area (Å²) in [5, 5.41) is 12.4. The molecule has 0 spiro atoms. The molecule has 0 aliphatic rings. The lowest BCUT2D eigenvalue weighted by atomic mass is 10.4. The van der Waals surface area contributed by atoms with Crippen LogP contribution in [0.2, 0.25) is 0 Å². The highest BCUT2D eigenvalue weighted by molar-refractivity contribution is 7.99. The van der Waals surface area contributed by atoms with Crippen molar-refractivity contribution >= 4 is 45.3 Å². The summed E-state index contributed by atoms with van der Waals surface area (Å²) < 4.78 is 4.16. The number of aromatic nitrogens is 6. The van der Waals surface area contributed by atoms with E-state index in [0.717, 1.165) is 16.0 Å². The van der Waals surface area contributed by atoms with E-state index in [9.17, 15) is 14.4 Å². The molecule has 0 unspecified atom stereocenters. The minimum absolute atomic E-state index is 0.0731. The number of aryl methyl sites for hydroxylation is 2. The van der Waals surface area contributed by atoms with Crippen LogP contribution >= 0.6 is 23.1 Å². The number of hydrogen-bond acceptors (Lipinski definition) is 8. The molecule has 0 bridgehead atoms. The van der Waals surface area contributed by atoms with Crippen LogP contribution in [-0.2, 0) is 25.3 Å². The van der Waals surface area contributed by atoms with E-state index in [1.165, 1.54) is 34.7 Å². The predicted octanol–water partition coefficient (Wildman–Crippen LogP) is 1.16. The summed E-state index contributed by atoms with van der Waals surface area (Å²) in [5.41, 5.74) is -0.194. The van der Waals surface area contributed by atoms with E-state index < -0.39 is 11.2 Å². The Bertz CT molecular complexity index is 1160. The number of nitrogens with zero attached hydrogens (tertiary/aromatic N) is 6. The number of amides is 1. The average Bonchev–Trinajstić information content (AvgIpc) is 3.27. The summed E-state index contributed by atoms with van der Waals surface area (Å²) in [6.45, 7) is 5.81. The highest BCUT2D eigenvalue weighted by atomic mass is 32.2. The van der Waals surface area contributed by atoms with E-state index in [1.807, 2.05) is 20.8 Å². The second-order valence-electron chi connectivity index (χ2n) is 6.43. The van der Waals surface area contributed by atoms with Crippen LogP contribution in [-0.4, -0.2) is 40.5 Å². The third kappa shape index (κ3) is 3.61. The third-order valence-electron chi connectivity index (χ3n) is 4.12. The Morgan fingerprint density at radius 2 is 1.93 bits per heavy atom. The van der Waals surface area contributed by atoms with Crippen LogP contribution in [0.1, 0.15) is 31.8 Å². The Morgan fingerprint density at radius 3 is 2.54 bits per heavy atom. The SMILES string of the molecule is CCc1nnc(NC(=O)CSc2nc3c(c(=O)n(C)c(=O)n3C)n2C(C)C)s1. The summed E-state index contributed by atoms with van der Waals surface area (Å²) in [4.78, 5) is 41.6. The molecule has 28 heavy (non-hydrogen) atoms. The Labute approximate surface area is 168 Å². The maximum Gasteiger partial charge on any atom is 0.332 e.